The van der Waals surface area contributed by atoms with E-state index in [1.807, 2.05) is 67.5 Å². The monoisotopic (exact) mass is 418 g/mol. The standard InChI is InChI=1S/C18H15IN2O2/c1-21(2)15-9-3-12(4-10-15)11-16-18(22)23-17(20-16)13-5-7-14(19)8-6-13/h3-11H,1-2H3. The van der Waals surface area contributed by atoms with Crippen molar-refractivity contribution in [1.29, 1.82) is 0 Å². The van der Waals surface area contributed by atoms with Gasteiger partial charge in [0.1, 0.15) is 0 Å². The second kappa shape index (κ2) is 6.54. The molecule has 0 aromatic heterocycles. The molecular formula is C18H15IN2O2. The van der Waals surface area contributed by atoms with E-state index >= 15 is 0 Å². The van der Waals surface area contributed by atoms with Gasteiger partial charge in [-0.2, -0.15) is 0 Å². The minimum absolute atomic E-state index is 0.316. The first-order valence-electron chi connectivity index (χ1n) is 7.09. The van der Waals surface area contributed by atoms with Crippen LogP contribution in [-0.4, -0.2) is 26.0 Å². The summed E-state index contributed by atoms with van der Waals surface area (Å²) in [4.78, 5) is 18.3. The van der Waals surface area contributed by atoms with Gasteiger partial charge in [0.15, 0.2) is 5.70 Å². The fraction of sp³-hybridized carbons (Fsp3) is 0.111. The number of rotatable bonds is 3. The lowest BCUT2D eigenvalue weighted by Gasteiger charge is -2.11. The summed E-state index contributed by atoms with van der Waals surface area (Å²) in [5.74, 6) is -0.0715. The molecule has 0 radical (unpaired) electrons. The molecule has 116 valence electrons. The molecule has 4 nitrogen and oxygen atoms in total. The molecule has 23 heavy (non-hydrogen) atoms. The minimum Gasteiger partial charge on any atom is -0.402 e. The molecule has 2 aromatic carbocycles. The van der Waals surface area contributed by atoms with Crippen LogP contribution in [-0.2, 0) is 9.53 Å². The lowest BCUT2D eigenvalue weighted by atomic mass is 10.1. The Balaban J connectivity index is 1.87. The first kappa shape index (κ1) is 15.7. The van der Waals surface area contributed by atoms with E-state index in [-0.39, 0.29) is 0 Å². The molecule has 0 amide bonds. The Hall–Kier alpha value is -2.15. The predicted molar refractivity (Wildman–Crippen MR) is 101 cm³/mol. The van der Waals surface area contributed by atoms with Crippen LogP contribution in [0.15, 0.2) is 59.2 Å². The molecule has 0 N–H and O–H groups in total. The first-order chi connectivity index (χ1) is 11.0. The van der Waals surface area contributed by atoms with Gasteiger partial charge in [-0.25, -0.2) is 9.79 Å². The number of esters is 1. The Labute approximate surface area is 148 Å². The van der Waals surface area contributed by atoms with E-state index in [0.29, 0.717) is 11.6 Å². The molecular weight excluding hydrogens is 403 g/mol. The molecule has 0 aliphatic carbocycles. The normalized spacial score (nSPS) is 15.5. The molecule has 0 saturated heterocycles. The van der Waals surface area contributed by atoms with E-state index in [1.165, 1.54) is 0 Å². The third-order valence-corrected chi connectivity index (χ3v) is 4.14. The summed E-state index contributed by atoms with van der Waals surface area (Å²) < 4.78 is 6.38. The van der Waals surface area contributed by atoms with Crippen LogP contribution in [0.5, 0.6) is 0 Å². The van der Waals surface area contributed by atoms with Crippen LogP contribution in [0, 0.1) is 3.57 Å². The summed E-state index contributed by atoms with van der Waals surface area (Å²) in [6, 6.07) is 15.6. The number of hydrogen-bond acceptors (Lipinski definition) is 4. The molecule has 0 fully saturated rings. The third-order valence-electron chi connectivity index (χ3n) is 3.42. The molecule has 5 heteroatoms. The number of halogens is 1. The number of anilines is 1. The maximum atomic E-state index is 12.0. The molecule has 1 aliphatic rings. The largest absolute Gasteiger partial charge is 0.402 e. The van der Waals surface area contributed by atoms with Gasteiger partial charge < -0.3 is 9.64 Å². The molecule has 0 saturated carbocycles. The van der Waals surface area contributed by atoms with Crippen LogP contribution >= 0.6 is 22.6 Å². The van der Waals surface area contributed by atoms with Crippen LogP contribution in [0.2, 0.25) is 0 Å². The summed E-state index contributed by atoms with van der Waals surface area (Å²) >= 11 is 2.23. The molecule has 1 aliphatic heterocycles. The van der Waals surface area contributed by atoms with Crippen molar-refractivity contribution < 1.29 is 9.53 Å². The highest BCUT2D eigenvalue weighted by Crippen LogP contribution is 2.21. The Bertz CT molecular complexity index is 791. The molecule has 2 aromatic rings. The Morgan fingerprint density at radius 1 is 1.04 bits per heavy atom. The van der Waals surface area contributed by atoms with Gasteiger partial charge in [-0.3, -0.25) is 0 Å². The number of nitrogens with zero attached hydrogens (tertiary/aromatic N) is 2. The van der Waals surface area contributed by atoms with Crippen molar-refractivity contribution in [3.63, 3.8) is 0 Å². The van der Waals surface area contributed by atoms with Gasteiger partial charge in [0, 0.05) is 28.9 Å². The second-order valence-corrected chi connectivity index (χ2v) is 6.57. The number of carbonyl (C=O) groups is 1. The summed E-state index contributed by atoms with van der Waals surface area (Å²) in [6.45, 7) is 0. The van der Waals surface area contributed by atoms with Crippen molar-refractivity contribution in [2.75, 3.05) is 19.0 Å². The second-order valence-electron chi connectivity index (χ2n) is 5.33. The van der Waals surface area contributed by atoms with E-state index in [4.69, 9.17) is 4.74 Å². The van der Waals surface area contributed by atoms with Crippen LogP contribution in [0.4, 0.5) is 5.69 Å². The Morgan fingerprint density at radius 2 is 1.70 bits per heavy atom. The number of cyclic esters (lactones) is 1. The van der Waals surface area contributed by atoms with E-state index < -0.39 is 5.97 Å². The minimum atomic E-state index is -0.421. The zero-order valence-corrected chi connectivity index (χ0v) is 14.9. The van der Waals surface area contributed by atoms with Crippen LogP contribution in [0.25, 0.3) is 6.08 Å². The highest BCUT2D eigenvalue weighted by molar-refractivity contribution is 14.1. The summed E-state index contributed by atoms with van der Waals surface area (Å²) in [5.41, 5.74) is 3.13. The van der Waals surface area contributed by atoms with Gasteiger partial charge in [0.05, 0.1) is 0 Å². The number of hydrogen-bond donors (Lipinski definition) is 0. The third kappa shape index (κ3) is 3.61. The SMILES string of the molecule is CN(C)c1ccc(C=C2N=C(c3ccc(I)cc3)OC2=O)cc1. The topological polar surface area (TPSA) is 41.9 Å². The summed E-state index contributed by atoms with van der Waals surface area (Å²) in [7, 11) is 3.97. The number of carbonyl (C=O) groups excluding carboxylic acids is 1. The van der Waals surface area contributed by atoms with Crippen LogP contribution < -0.4 is 4.90 Å². The maximum absolute atomic E-state index is 12.0. The maximum Gasteiger partial charge on any atom is 0.363 e. The fourth-order valence-corrected chi connectivity index (χ4v) is 2.51. The Morgan fingerprint density at radius 3 is 2.30 bits per heavy atom. The van der Waals surface area contributed by atoms with Crippen molar-refractivity contribution >= 4 is 46.2 Å². The zero-order valence-electron chi connectivity index (χ0n) is 12.8. The van der Waals surface area contributed by atoms with Gasteiger partial charge >= 0.3 is 5.97 Å². The van der Waals surface area contributed by atoms with Crippen LogP contribution in [0.1, 0.15) is 11.1 Å². The number of benzene rings is 2. The number of aliphatic imine (C=N–C) groups is 1. The smallest absolute Gasteiger partial charge is 0.363 e. The fourth-order valence-electron chi connectivity index (χ4n) is 2.15. The van der Waals surface area contributed by atoms with Gasteiger partial charge in [-0.1, -0.05) is 12.1 Å². The van der Waals surface area contributed by atoms with E-state index in [0.717, 1.165) is 20.4 Å². The molecule has 0 atom stereocenters. The van der Waals surface area contributed by atoms with Gasteiger partial charge in [0.25, 0.3) is 0 Å². The highest BCUT2D eigenvalue weighted by Gasteiger charge is 2.23. The van der Waals surface area contributed by atoms with E-state index in [9.17, 15) is 4.79 Å². The van der Waals surface area contributed by atoms with Crippen molar-refractivity contribution in [3.05, 3.63) is 68.9 Å². The van der Waals surface area contributed by atoms with E-state index in [2.05, 4.69) is 27.6 Å². The quantitative estimate of drug-likeness (QED) is 0.434. The van der Waals surface area contributed by atoms with Crippen LogP contribution in [0.3, 0.4) is 0 Å². The highest BCUT2D eigenvalue weighted by atomic mass is 127. The molecule has 0 bridgehead atoms. The van der Waals surface area contributed by atoms with Gasteiger partial charge in [-0.05, 0) is 70.6 Å². The molecule has 0 unspecified atom stereocenters. The molecule has 1 heterocycles. The first-order valence-corrected chi connectivity index (χ1v) is 8.17. The van der Waals surface area contributed by atoms with Crippen molar-refractivity contribution in [2.45, 2.75) is 0 Å². The van der Waals surface area contributed by atoms with Crippen molar-refractivity contribution in [2.24, 2.45) is 4.99 Å². The summed E-state index contributed by atoms with van der Waals surface area (Å²) in [5, 5.41) is 0. The molecule has 3 rings (SSSR count). The number of ether oxygens (including phenoxy) is 1. The summed E-state index contributed by atoms with van der Waals surface area (Å²) in [6.07, 6.45) is 1.74. The predicted octanol–water partition coefficient (Wildman–Crippen LogP) is 3.70. The lowest BCUT2D eigenvalue weighted by Crippen LogP contribution is -2.08. The average Bonchev–Trinajstić information content (AvgIpc) is 2.89. The van der Waals surface area contributed by atoms with Gasteiger partial charge in [-0.15, -0.1) is 0 Å². The Kier molecular flexibility index (Phi) is 4.47. The molecule has 0 spiro atoms. The van der Waals surface area contributed by atoms with Gasteiger partial charge in [0.2, 0.25) is 5.90 Å². The average molecular weight is 418 g/mol. The van der Waals surface area contributed by atoms with E-state index in [1.54, 1.807) is 6.08 Å². The zero-order chi connectivity index (χ0) is 16.4. The lowest BCUT2D eigenvalue weighted by molar-refractivity contribution is -0.129. The van der Waals surface area contributed by atoms with Crippen molar-refractivity contribution in [1.82, 2.24) is 0 Å². The van der Waals surface area contributed by atoms with Crippen molar-refractivity contribution in [3.8, 4) is 0 Å².